The van der Waals surface area contributed by atoms with Crippen LogP contribution in [0.2, 0.25) is 0 Å². The molecule has 0 spiro atoms. The van der Waals surface area contributed by atoms with Gasteiger partial charge in [-0.25, -0.2) is 4.79 Å². The molecule has 180 valence electrons. The molecule has 0 atom stereocenters. The van der Waals surface area contributed by atoms with Crippen LogP contribution < -0.4 is 21.3 Å². The number of nitro groups is 1. The van der Waals surface area contributed by atoms with Gasteiger partial charge in [-0.15, -0.1) is 0 Å². The van der Waals surface area contributed by atoms with Crippen LogP contribution in [0.1, 0.15) is 10.4 Å². The fourth-order valence-electron chi connectivity index (χ4n) is 3.93. The number of aromatic nitrogens is 1. The molecule has 12 heteroatoms. The predicted molar refractivity (Wildman–Crippen MR) is 129 cm³/mol. The van der Waals surface area contributed by atoms with E-state index in [0.717, 1.165) is 10.6 Å². The molecule has 0 fully saturated rings. The predicted octanol–water partition coefficient (Wildman–Crippen LogP) is 2.74. The molecule has 2 heterocycles. The minimum Gasteiger partial charge on any atom is -0.407 e. The number of para-hydroxylation sites is 2. The number of fused-ring (bicyclic) bond motifs is 2. The first-order chi connectivity index (χ1) is 17.3. The second kappa shape index (κ2) is 8.83. The largest absolute Gasteiger partial charge is 0.420 e. The van der Waals surface area contributed by atoms with Gasteiger partial charge in [-0.2, -0.15) is 0 Å². The van der Waals surface area contributed by atoms with Gasteiger partial charge in [0, 0.05) is 17.3 Å². The molecule has 1 aliphatic heterocycles. The minimum atomic E-state index is -0.826. The van der Waals surface area contributed by atoms with E-state index in [4.69, 9.17) is 4.42 Å². The maximum atomic E-state index is 13.0. The maximum Gasteiger partial charge on any atom is 0.420 e. The second-order valence-corrected chi connectivity index (χ2v) is 7.95. The number of carbonyl (C=O) groups excluding carboxylic acids is 3. The molecule has 1 aliphatic rings. The lowest BCUT2D eigenvalue weighted by molar-refractivity contribution is -0.384. The molecular formula is C24H17N5O7. The number of amides is 3. The number of anilines is 3. The van der Waals surface area contributed by atoms with Crippen LogP contribution in [0.5, 0.6) is 0 Å². The summed E-state index contributed by atoms with van der Waals surface area (Å²) in [6, 6.07) is 16.7. The second-order valence-electron chi connectivity index (χ2n) is 7.95. The molecule has 12 nitrogen and oxygen atoms in total. The molecule has 0 unspecified atom stereocenters. The van der Waals surface area contributed by atoms with Crippen LogP contribution in [0.15, 0.2) is 75.9 Å². The third kappa shape index (κ3) is 4.18. The summed E-state index contributed by atoms with van der Waals surface area (Å²) in [5, 5.41) is 16.3. The van der Waals surface area contributed by atoms with Crippen molar-refractivity contribution in [3.63, 3.8) is 0 Å². The molecule has 0 radical (unpaired) electrons. The lowest BCUT2D eigenvalue weighted by Crippen LogP contribution is -2.42. The summed E-state index contributed by atoms with van der Waals surface area (Å²) in [5.74, 6) is -2.05. The lowest BCUT2D eigenvalue weighted by atomic mass is 10.1. The highest BCUT2D eigenvalue weighted by molar-refractivity contribution is 6.15. The van der Waals surface area contributed by atoms with Gasteiger partial charge in [-0.05, 0) is 42.5 Å². The average Bonchev–Trinajstić information content (AvgIpc) is 3.17. The quantitative estimate of drug-likeness (QED) is 0.324. The van der Waals surface area contributed by atoms with E-state index in [0.29, 0.717) is 22.6 Å². The minimum absolute atomic E-state index is 0.00201. The third-order valence-electron chi connectivity index (χ3n) is 5.60. The molecule has 0 bridgehead atoms. The standard InChI is InChI=1S/C24H17N5O7/c30-21(13-28-19-10-9-16(29(34)35)11-20(19)36-24(28)33)25-15-7-5-14(6-8-15)23(32)27-12-22(31)26-17-3-1-2-4-18(17)27/h1-11H,12-13H2,(H,25,30)(H,26,31). The van der Waals surface area contributed by atoms with Gasteiger partial charge >= 0.3 is 5.76 Å². The van der Waals surface area contributed by atoms with E-state index < -0.39 is 16.6 Å². The van der Waals surface area contributed by atoms with Crippen LogP contribution in [0, 0.1) is 10.1 Å². The molecule has 5 rings (SSSR count). The number of nitrogens with one attached hydrogen (secondary N) is 2. The van der Waals surface area contributed by atoms with Crippen molar-refractivity contribution >= 4 is 51.6 Å². The Balaban J connectivity index is 1.30. The van der Waals surface area contributed by atoms with Gasteiger partial charge in [0.1, 0.15) is 13.1 Å². The van der Waals surface area contributed by atoms with Crippen molar-refractivity contribution in [1.82, 2.24) is 4.57 Å². The first-order valence-electron chi connectivity index (χ1n) is 10.7. The number of hydrogen-bond acceptors (Lipinski definition) is 7. The molecule has 3 amide bonds. The zero-order chi connectivity index (χ0) is 25.4. The van der Waals surface area contributed by atoms with Gasteiger partial charge in [-0.1, -0.05) is 12.1 Å². The number of rotatable bonds is 5. The van der Waals surface area contributed by atoms with E-state index in [1.165, 1.54) is 41.3 Å². The van der Waals surface area contributed by atoms with Gasteiger partial charge in [0.15, 0.2) is 5.58 Å². The molecule has 1 aromatic heterocycles. The highest BCUT2D eigenvalue weighted by atomic mass is 16.6. The van der Waals surface area contributed by atoms with Crippen LogP contribution >= 0.6 is 0 Å². The Hall–Kier alpha value is -5.26. The fraction of sp³-hybridized carbons (Fsp3) is 0.0833. The summed E-state index contributed by atoms with van der Waals surface area (Å²) >= 11 is 0. The smallest absolute Gasteiger partial charge is 0.407 e. The molecule has 0 aliphatic carbocycles. The summed E-state index contributed by atoms with van der Waals surface area (Å²) in [7, 11) is 0. The Morgan fingerprint density at radius 2 is 1.81 bits per heavy atom. The van der Waals surface area contributed by atoms with Crippen LogP contribution in [-0.2, 0) is 16.1 Å². The van der Waals surface area contributed by atoms with E-state index in [1.807, 2.05) is 0 Å². The van der Waals surface area contributed by atoms with E-state index >= 15 is 0 Å². The van der Waals surface area contributed by atoms with E-state index in [-0.39, 0.29) is 41.7 Å². The number of non-ortho nitro benzene ring substituents is 1. The third-order valence-corrected chi connectivity index (χ3v) is 5.60. The summed E-state index contributed by atoms with van der Waals surface area (Å²) in [6.07, 6.45) is 0. The summed E-state index contributed by atoms with van der Waals surface area (Å²) in [6.45, 7) is -0.505. The van der Waals surface area contributed by atoms with E-state index in [2.05, 4.69) is 10.6 Å². The molecule has 3 aromatic carbocycles. The Bertz CT molecular complexity index is 1600. The maximum absolute atomic E-state index is 13.0. The molecule has 4 aromatic rings. The number of nitro benzene ring substituents is 1. The lowest BCUT2D eigenvalue weighted by Gasteiger charge is -2.29. The number of nitrogens with zero attached hydrogens (tertiary/aromatic N) is 3. The molecule has 36 heavy (non-hydrogen) atoms. The Kier molecular flexibility index (Phi) is 5.53. The van der Waals surface area contributed by atoms with Gasteiger partial charge < -0.3 is 15.1 Å². The molecular weight excluding hydrogens is 470 g/mol. The first-order valence-corrected chi connectivity index (χ1v) is 10.7. The number of carbonyl (C=O) groups is 3. The number of benzene rings is 3. The number of oxazole rings is 1. The summed E-state index contributed by atoms with van der Waals surface area (Å²) in [4.78, 5) is 61.5. The molecule has 0 saturated heterocycles. The summed E-state index contributed by atoms with van der Waals surface area (Å²) in [5.41, 5.74) is 1.83. The van der Waals surface area contributed by atoms with Gasteiger partial charge in [0.05, 0.1) is 27.9 Å². The summed E-state index contributed by atoms with van der Waals surface area (Å²) < 4.78 is 6.09. The van der Waals surface area contributed by atoms with Gasteiger partial charge in [0.25, 0.3) is 11.6 Å². The highest BCUT2D eigenvalue weighted by Gasteiger charge is 2.27. The van der Waals surface area contributed by atoms with Gasteiger partial charge in [-0.3, -0.25) is 34.0 Å². The topological polar surface area (TPSA) is 157 Å². The monoisotopic (exact) mass is 487 g/mol. The normalized spacial score (nSPS) is 12.7. The highest BCUT2D eigenvalue weighted by Crippen LogP contribution is 2.30. The van der Waals surface area contributed by atoms with Crippen LogP contribution in [0.3, 0.4) is 0 Å². The van der Waals surface area contributed by atoms with Crippen molar-refractivity contribution in [2.75, 3.05) is 22.1 Å². The zero-order valence-electron chi connectivity index (χ0n) is 18.5. The van der Waals surface area contributed by atoms with E-state index in [1.54, 1.807) is 24.3 Å². The van der Waals surface area contributed by atoms with Crippen LogP contribution in [0.25, 0.3) is 11.1 Å². The first kappa shape index (κ1) is 22.5. The fourth-order valence-corrected chi connectivity index (χ4v) is 3.93. The number of hydrogen-bond donors (Lipinski definition) is 2. The Labute approximate surface area is 201 Å². The average molecular weight is 487 g/mol. The van der Waals surface area contributed by atoms with Gasteiger partial charge in [0.2, 0.25) is 11.8 Å². The Morgan fingerprint density at radius 3 is 2.56 bits per heavy atom. The molecule has 0 saturated carbocycles. The Morgan fingerprint density at radius 1 is 1.06 bits per heavy atom. The zero-order valence-corrected chi connectivity index (χ0v) is 18.5. The van der Waals surface area contributed by atoms with Crippen molar-refractivity contribution in [2.45, 2.75) is 6.54 Å². The van der Waals surface area contributed by atoms with Crippen molar-refractivity contribution in [3.8, 4) is 0 Å². The van der Waals surface area contributed by atoms with Crippen molar-refractivity contribution < 1.29 is 23.7 Å². The molecule has 2 N–H and O–H groups in total. The SMILES string of the molecule is O=C(Cn1c(=O)oc2cc([N+](=O)[O-])ccc21)Nc1ccc(C(=O)N2CC(=O)Nc3ccccc32)cc1. The van der Waals surface area contributed by atoms with Crippen molar-refractivity contribution in [2.24, 2.45) is 0 Å². The van der Waals surface area contributed by atoms with Crippen molar-refractivity contribution in [3.05, 3.63) is 93.0 Å². The van der Waals surface area contributed by atoms with Crippen LogP contribution in [-0.4, -0.2) is 33.8 Å². The van der Waals surface area contributed by atoms with Crippen LogP contribution in [0.4, 0.5) is 22.7 Å². The van der Waals surface area contributed by atoms with E-state index in [9.17, 15) is 29.3 Å². The van der Waals surface area contributed by atoms with Crippen molar-refractivity contribution in [1.29, 1.82) is 0 Å².